The second kappa shape index (κ2) is 15.7. The van der Waals surface area contributed by atoms with E-state index in [0.29, 0.717) is 5.56 Å². The van der Waals surface area contributed by atoms with E-state index >= 15 is 0 Å². The van der Waals surface area contributed by atoms with Gasteiger partial charge in [-0.2, -0.15) is 0 Å². The monoisotopic (exact) mass is 358 g/mol. The Bertz CT molecular complexity index is 478. The number of unbranched alkanes of at least 4 members (excludes halogenated alkanes) is 9. The van der Waals surface area contributed by atoms with Gasteiger partial charge in [-0.3, -0.25) is 0 Å². The Labute approximate surface area is 161 Å². The molecular formula is C24H38O2. The fraction of sp³-hybridized carbons (Fsp3) is 0.625. The predicted octanol–water partition coefficient (Wildman–Crippen LogP) is 7.49. The third kappa shape index (κ3) is 11.9. The lowest BCUT2D eigenvalue weighted by Crippen LogP contribution is -2.14. The van der Waals surface area contributed by atoms with Crippen molar-refractivity contribution >= 4 is 5.97 Å². The molecule has 0 aliphatic carbocycles. The lowest BCUT2D eigenvalue weighted by molar-refractivity contribution is 0.0319. The van der Waals surface area contributed by atoms with E-state index in [4.69, 9.17) is 4.74 Å². The van der Waals surface area contributed by atoms with Crippen molar-refractivity contribution < 1.29 is 9.53 Å². The molecule has 2 heteroatoms. The van der Waals surface area contributed by atoms with Crippen LogP contribution in [0.25, 0.3) is 0 Å². The molecular weight excluding hydrogens is 320 g/mol. The number of hydrogen-bond donors (Lipinski definition) is 0. The Balaban J connectivity index is 1.91. The summed E-state index contributed by atoms with van der Waals surface area (Å²) in [6.45, 7) is 4.24. The van der Waals surface area contributed by atoms with Gasteiger partial charge in [-0.1, -0.05) is 82.2 Å². The molecule has 2 nitrogen and oxygen atoms in total. The lowest BCUT2D eigenvalue weighted by atomic mass is 10.1. The minimum absolute atomic E-state index is 0.00204. The summed E-state index contributed by atoms with van der Waals surface area (Å²) in [5.74, 6) is -0.207. The highest BCUT2D eigenvalue weighted by atomic mass is 16.5. The van der Waals surface area contributed by atoms with E-state index in [9.17, 15) is 4.79 Å². The van der Waals surface area contributed by atoms with E-state index in [1.165, 1.54) is 64.2 Å². The standard InChI is InChI=1S/C24H38O2/c1-3-4-5-6-7-8-9-10-11-12-13-14-16-19-22(2)26-24(25)23-20-17-15-18-21-23/h6-7,15,17-18,20-22H,3-5,8-14,16,19H2,1-2H3/t22-/m1/s1. The highest BCUT2D eigenvalue weighted by Crippen LogP contribution is 2.13. The highest BCUT2D eigenvalue weighted by Gasteiger charge is 2.10. The molecule has 1 atom stereocenters. The summed E-state index contributed by atoms with van der Waals surface area (Å²) in [4.78, 5) is 12.0. The molecule has 1 aromatic carbocycles. The van der Waals surface area contributed by atoms with Gasteiger partial charge in [0.1, 0.15) is 0 Å². The van der Waals surface area contributed by atoms with Gasteiger partial charge in [0, 0.05) is 0 Å². The van der Waals surface area contributed by atoms with E-state index in [2.05, 4.69) is 19.1 Å². The second-order valence-electron chi connectivity index (χ2n) is 7.25. The van der Waals surface area contributed by atoms with Crippen LogP contribution in [0.3, 0.4) is 0 Å². The Morgan fingerprint density at radius 3 is 2.12 bits per heavy atom. The number of hydrogen-bond acceptors (Lipinski definition) is 2. The lowest BCUT2D eigenvalue weighted by Gasteiger charge is -2.13. The summed E-state index contributed by atoms with van der Waals surface area (Å²) in [7, 11) is 0. The van der Waals surface area contributed by atoms with Crippen molar-refractivity contribution in [2.24, 2.45) is 0 Å². The zero-order chi connectivity index (χ0) is 18.9. The minimum atomic E-state index is -0.207. The quantitative estimate of drug-likeness (QED) is 0.184. The highest BCUT2D eigenvalue weighted by molar-refractivity contribution is 5.89. The van der Waals surface area contributed by atoms with E-state index in [-0.39, 0.29) is 12.1 Å². The Morgan fingerprint density at radius 2 is 1.46 bits per heavy atom. The summed E-state index contributed by atoms with van der Waals surface area (Å²) in [6.07, 6.45) is 19.8. The molecule has 146 valence electrons. The molecule has 0 saturated carbocycles. The van der Waals surface area contributed by atoms with Crippen LogP contribution in [0.2, 0.25) is 0 Å². The molecule has 0 amide bonds. The van der Waals surface area contributed by atoms with Crippen molar-refractivity contribution in [2.45, 2.75) is 97.0 Å². The van der Waals surface area contributed by atoms with Crippen LogP contribution in [0.15, 0.2) is 42.5 Å². The number of allylic oxidation sites excluding steroid dienone is 2. The number of benzene rings is 1. The smallest absolute Gasteiger partial charge is 0.338 e. The normalized spacial score (nSPS) is 12.4. The Kier molecular flexibility index (Phi) is 13.5. The Hall–Kier alpha value is -1.57. The maximum atomic E-state index is 12.0. The molecule has 1 rings (SSSR count). The molecule has 0 unspecified atom stereocenters. The van der Waals surface area contributed by atoms with Gasteiger partial charge in [0.15, 0.2) is 0 Å². The SMILES string of the molecule is CCCCC=CCCCCCCCCC[C@@H](C)OC(=O)c1ccccc1. The molecule has 0 aliphatic heterocycles. The molecule has 0 spiro atoms. The summed E-state index contributed by atoms with van der Waals surface area (Å²) in [5.41, 5.74) is 0.638. The second-order valence-corrected chi connectivity index (χ2v) is 7.25. The zero-order valence-corrected chi connectivity index (χ0v) is 16.9. The van der Waals surface area contributed by atoms with E-state index in [1.54, 1.807) is 12.1 Å². The first-order valence-electron chi connectivity index (χ1n) is 10.6. The number of ether oxygens (including phenoxy) is 1. The van der Waals surface area contributed by atoms with Crippen LogP contribution in [-0.4, -0.2) is 12.1 Å². The van der Waals surface area contributed by atoms with Gasteiger partial charge in [0.2, 0.25) is 0 Å². The van der Waals surface area contributed by atoms with Crippen LogP contribution in [-0.2, 0) is 4.74 Å². The third-order valence-corrected chi connectivity index (χ3v) is 4.69. The first-order chi connectivity index (χ1) is 12.7. The van der Waals surface area contributed by atoms with E-state index in [0.717, 1.165) is 12.8 Å². The van der Waals surface area contributed by atoms with Gasteiger partial charge in [-0.05, 0) is 51.2 Å². The number of carbonyl (C=O) groups excluding carboxylic acids is 1. The molecule has 0 aliphatic rings. The van der Waals surface area contributed by atoms with E-state index < -0.39 is 0 Å². The number of carbonyl (C=O) groups is 1. The van der Waals surface area contributed by atoms with Crippen LogP contribution in [0.4, 0.5) is 0 Å². The van der Waals surface area contributed by atoms with Crippen LogP contribution in [0.5, 0.6) is 0 Å². The largest absolute Gasteiger partial charge is 0.459 e. The fourth-order valence-electron chi connectivity index (χ4n) is 3.02. The van der Waals surface area contributed by atoms with Gasteiger partial charge in [-0.15, -0.1) is 0 Å². The van der Waals surface area contributed by atoms with Gasteiger partial charge >= 0.3 is 5.97 Å². The molecule has 0 fully saturated rings. The van der Waals surface area contributed by atoms with Crippen molar-refractivity contribution in [1.82, 2.24) is 0 Å². The first kappa shape index (κ1) is 22.5. The van der Waals surface area contributed by atoms with Crippen LogP contribution in [0, 0.1) is 0 Å². The number of esters is 1. The number of rotatable bonds is 15. The summed E-state index contributed by atoms with van der Waals surface area (Å²) in [5, 5.41) is 0. The average molecular weight is 359 g/mol. The minimum Gasteiger partial charge on any atom is -0.459 e. The summed E-state index contributed by atoms with van der Waals surface area (Å²) in [6, 6.07) is 9.24. The first-order valence-corrected chi connectivity index (χ1v) is 10.6. The molecule has 0 N–H and O–H groups in total. The van der Waals surface area contributed by atoms with Crippen LogP contribution >= 0.6 is 0 Å². The van der Waals surface area contributed by atoms with E-state index in [1.807, 2.05) is 25.1 Å². The summed E-state index contributed by atoms with van der Waals surface area (Å²) >= 11 is 0. The van der Waals surface area contributed by atoms with Gasteiger partial charge in [0.05, 0.1) is 11.7 Å². The Morgan fingerprint density at radius 1 is 0.885 bits per heavy atom. The fourth-order valence-corrected chi connectivity index (χ4v) is 3.02. The van der Waals surface area contributed by atoms with Crippen molar-refractivity contribution in [3.05, 3.63) is 48.0 Å². The molecule has 26 heavy (non-hydrogen) atoms. The maximum Gasteiger partial charge on any atom is 0.338 e. The average Bonchev–Trinajstić information content (AvgIpc) is 2.66. The van der Waals surface area contributed by atoms with Crippen molar-refractivity contribution in [1.29, 1.82) is 0 Å². The van der Waals surface area contributed by atoms with Gasteiger partial charge < -0.3 is 4.74 Å². The van der Waals surface area contributed by atoms with Crippen molar-refractivity contribution in [2.75, 3.05) is 0 Å². The molecule has 0 radical (unpaired) electrons. The molecule has 0 aromatic heterocycles. The van der Waals surface area contributed by atoms with Gasteiger partial charge in [0.25, 0.3) is 0 Å². The molecule has 0 bridgehead atoms. The summed E-state index contributed by atoms with van der Waals surface area (Å²) < 4.78 is 5.50. The van der Waals surface area contributed by atoms with Crippen molar-refractivity contribution in [3.63, 3.8) is 0 Å². The molecule has 0 heterocycles. The van der Waals surface area contributed by atoms with Crippen LogP contribution in [0.1, 0.15) is 101 Å². The third-order valence-electron chi connectivity index (χ3n) is 4.69. The topological polar surface area (TPSA) is 26.3 Å². The molecule has 0 saturated heterocycles. The molecule has 1 aromatic rings. The maximum absolute atomic E-state index is 12.0. The van der Waals surface area contributed by atoms with Crippen LogP contribution < -0.4 is 0 Å². The zero-order valence-electron chi connectivity index (χ0n) is 16.9. The predicted molar refractivity (Wildman–Crippen MR) is 112 cm³/mol. The van der Waals surface area contributed by atoms with Crippen molar-refractivity contribution in [3.8, 4) is 0 Å². The van der Waals surface area contributed by atoms with Gasteiger partial charge in [-0.25, -0.2) is 4.79 Å².